The predicted molar refractivity (Wildman–Crippen MR) is 120 cm³/mol. The fourth-order valence-corrected chi connectivity index (χ4v) is 4.21. The fraction of sp³-hybridized carbons (Fsp3) is 0.304. The van der Waals surface area contributed by atoms with E-state index in [-0.39, 0.29) is 0 Å². The Bertz CT molecular complexity index is 937. The normalized spacial score (nSPS) is 14.6. The summed E-state index contributed by atoms with van der Waals surface area (Å²) in [5, 5.41) is 7.02. The fourth-order valence-electron chi connectivity index (χ4n) is 3.62. The summed E-state index contributed by atoms with van der Waals surface area (Å²) in [7, 11) is 0. The van der Waals surface area contributed by atoms with Gasteiger partial charge in [0.05, 0.1) is 11.4 Å². The number of nitrogens with zero attached hydrogens (tertiary/aromatic N) is 2. The van der Waals surface area contributed by atoms with Gasteiger partial charge in [-0.2, -0.15) is 4.98 Å². The van der Waals surface area contributed by atoms with Crippen LogP contribution in [0.1, 0.15) is 37.7 Å². The van der Waals surface area contributed by atoms with Crippen molar-refractivity contribution in [3.8, 4) is 11.3 Å². The molecule has 0 radical (unpaired) electrons. The smallest absolute Gasteiger partial charge is 0.225 e. The maximum Gasteiger partial charge on any atom is 0.225 e. The zero-order chi connectivity index (χ0) is 19.3. The highest BCUT2D eigenvalue weighted by Crippen LogP contribution is 2.29. The summed E-state index contributed by atoms with van der Waals surface area (Å²) in [5.74, 6) is 1.48. The molecule has 144 valence electrons. The summed E-state index contributed by atoms with van der Waals surface area (Å²) < 4.78 is 1.02. The summed E-state index contributed by atoms with van der Waals surface area (Å²) in [4.78, 5) is 9.56. The number of rotatable bonds is 5. The standard InChI is InChI=1S/C23H25BrN4/c1-16-12-13-20(19(24)14-16)26-22-15-21(17-8-4-2-5-9-17)27-23(28-22)25-18-10-6-3-7-11-18/h2,4-5,8-9,12-15,18H,3,6-7,10-11H2,1H3,(H2,25,26,27,28). The van der Waals surface area contributed by atoms with Gasteiger partial charge in [-0.25, -0.2) is 4.98 Å². The number of hydrogen-bond acceptors (Lipinski definition) is 4. The molecule has 4 nitrogen and oxygen atoms in total. The van der Waals surface area contributed by atoms with Crippen LogP contribution in [0.2, 0.25) is 0 Å². The van der Waals surface area contributed by atoms with Crippen LogP contribution >= 0.6 is 15.9 Å². The summed E-state index contributed by atoms with van der Waals surface area (Å²) >= 11 is 3.64. The van der Waals surface area contributed by atoms with Crippen LogP contribution in [0.4, 0.5) is 17.5 Å². The summed E-state index contributed by atoms with van der Waals surface area (Å²) in [6.07, 6.45) is 6.25. The van der Waals surface area contributed by atoms with E-state index < -0.39 is 0 Å². The van der Waals surface area contributed by atoms with Gasteiger partial charge in [0.2, 0.25) is 5.95 Å². The van der Waals surface area contributed by atoms with E-state index in [1.165, 1.54) is 37.7 Å². The minimum absolute atomic E-state index is 0.457. The molecule has 1 fully saturated rings. The second-order valence-electron chi connectivity index (χ2n) is 7.42. The average Bonchev–Trinajstić information content (AvgIpc) is 2.71. The van der Waals surface area contributed by atoms with Crippen molar-refractivity contribution < 1.29 is 0 Å². The van der Waals surface area contributed by atoms with Crippen LogP contribution in [0.25, 0.3) is 11.3 Å². The summed E-state index contributed by atoms with van der Waals surface area (Å²) in [5.41, 5.74) is 4.21. The van der Waals surface area contributed by atoms with Gasteiger partial charge in [-0.05, 0) is 53.4 Å². The first-order valence-electron chi connectivity index (χ1n) is 9.91. The molecule has 0 aliphatic heterocycles. The maximum absolute atomic E-state index is 4.80. The molecule has 1 aromatic heterocycles. The second kappa shape index (κ2) is 8.74. The Morgan fingerprint density at radius 2 is 1.71 bits per heavy atom. The number of hydrogen-bond donors (Lipinski definition) is 2. The largest absolute Gasteiger partial charge is 0.351 e. The molecule has 28 heavy (non-hydrogen) atoms. The molecular weight excluding hydrogens is 412 g/mol. The molecule has 1 heterocycles. The van der Waals surface area contributed by atoms with Gasteiger partial charge in [0.1, 0.15) is 5.82 Å². The molecule has 5 heteroatoms. The Hall–Kier alpha value is -2.40. The van der Waals surface area contributed by atoms with Gasteiger partial charge in [-0.1, -0.05) is 55.7 Å². The SMILES string of the molecule is Cc1ccc(Nc2cc(-c3ccccc3)nc(NC3CCCCC3)n2)c(Br)c1. The van der Waals surface area contributed by atoms with E-state index >= 15 is 0 Å². The third-order valence-electron chi connectivity index (χ3n) is 5.12. The zero-order valence-electron chi connectivity index (χ0n) is 16.1. The number of aromatic nitrogens is 2. The van der Waals surface area contributed by atoms with Crippen LogP contribution in [0, 0.1) is 6.92 Å². The van der Waals surface area contributed by atoms with E-state index in [0.29, 0.717) is 12.0 Å². The van der Waals surface area contributed by atoms with Gasteiger partial charge in [0, 0.05) is 22.1 Å². The molecule has 1 aliphatic rings. The van der Waals surface area contributed by atoms with E-state index in [0.717, 1.165) is 27.2 Å². The number of benzene rings is 2. The summed E-state index contributed by atoms with van der Waals surface area (Å²) in [6.45, 7) is 2.08. The van der Waals surface area contributed by atoms with Gasteiger partial charge in [-0.15, -0.1) is 0 Å². The Balaban J connectivity index is 1.66. The van der Waals surface area contributed by atoms with Crippen molar-refractivity contribution in [2.24, 2.45) is 0 Å². The van der Waals surface area contributed by atoms with E-state index in [2.05, 4.69) is 63.8 Å². The summed E-state index contributed by atoms with van der Waals surface area (Å²) in [6, 6.07) is 19.0. The number of nitrogens with one attached hydrogen (secondary N) is 2. The van der Waals surface area contributed by atoms with Crippen LogP contribution < -0.4 is 10.6 Å². The molecule has 4 rings (SSSR count). The van der Waals surface area contributed by atoms with Crippen molar-refractivity contribution in [2.45, 2.75) is 45.1 Å². The third-order valence-corrected chi connectivity index (χ3v) is 5.78. The topological polar surface area (TPSA) is 49.8 Å². The van der Waals surface area contributed by atoms with Gasteiger partial charge in [0.25, 0.3) is 0 Å². The molecule has 0 atom stereocenters. The molecule has 2 N–H and O–H groups in total. The van der Waals surface area contributed by atoms with Gasteiger partial charge in [-0.3, -0.25) is 0 Å². The van der Waals surface area contributed by atoms with E-state index in [9.17, 15) is 0 Å². The van der Waals surface area contributed by atoms with Gasteiger partial charge >= 0.3 is 0 Å². The second-order valence-corrected chi connectivity index (χ2v) is 8.27. The molecule has 0 spiro atoms. The highest BCUT2D eigenvalue weighted by molar-refractivity contribution is 9.10. The molecule has 1 aliphatic carbocycles. The van der Waals surface area contributed by atoms with E-state index in [1.807, 2.05) is 24.3 Å². The van der Waals surface area contributed by atoms with Crippen LogP contribution in [-0.4, -0.2) is 16.0 Å². The first-order chi connectivity index (χ1) is 13.7. The number of halogens is 1. The molecule has 3 aromatic rings. The van der Waals surface area contributed by atoms with Crippen LogP contribution in [0.15, 0.2) is 59.1 Å². The highest BCUT2D eigenvalue weighted by atomic mass is 79.9. The maximum atomic E-state index is 4.80. The lowest BCUT2D eigenvalue weighted by atomic mass is 9.96. The van der Waals surface area contributed by atoms with Crippen LogP contribution in [0.3, 0.4) is 0 Å². The van der Waals surface area contributed by atoms with Gasteiger partial charge < -0.3 is 10.6 Å². The minimum Gasteiger partial charge on any atom is -0.351 e. The molecule has 0 bridgehead atoms. The molecule has 2 aromatic carbocycles. The Labute approximate surface area is 175 Å². The lowest BCUT2D eigenvalue weighted by Crippen LogP contribution is -2.23. The van der Waals surface area contributed by atoms with Crippen molar-refractivity contribution in [2.75, 3.05) is 10.6 Å². The van der Waals surface area contributed by atoms with Crippen molar-refractivity contribution in [3.63, 3.8) is 0 Å². The van der Waals surface area contributed by atoms with E-state index in [4.69, 9.17) is 9.97 Å². The first kappa shape index (κ1) is 18.9. The molecule has 1 saturated carbocycles. The quantitative estimate of drug-likeness (QED) is 0.466. The lowest BCUT2D eigenvalue weighted by Gasteiger charge is -2.23. The average molecular weight is 437 g/mol. The van der Waals surface area contributed by atoms with Crippen molar-refractivity contribution in [3.05, 3.63) is 64.6 Å². The van der Waals surface area contributed by atoms with Crippen molar-refractivity contribution >= 4 is 33.4 Å². The Morgan fingerprint density at radius 3 is 2.46 bits per heavy atom. The van der Waals surface area contributed by atoms with Crippen LogP contribution in [-0.2, 0) is 0 Å². The molecule has 0 saturated heterocycles. The monoisotopic (exact) mass is 436 g/mol. The molecule has 0 unspecified atom stereocenters. The molecule has 0 amide bonds. The van der Waals surface area contributed by atoms with Crippen LogP contribution in [0.5, 0.6) is 0 Å². The lowest BCUT2D eigenvalue weighted by molar-refractivity contribution is 0.461. The van der Waals surface area contributed by atoms with Crippen molar-refractivity contribution in [1.82, 2.24) is 9.97 Å². The third kappa shape index (κ3) is 4.71. The number of aryl methyl sites for hydroxylation is 1. The highest BCUT2D eigenvalue weighted by Gasteiger charge is 2.16. The predicted octanol–water partition coefficient (Wildman–Crippen LogP) is 6.70. The first-order valence-corrected chi connectivity index (χ1v) is 10.7. The molecular formula is C23H25BrN4. The number of anilines is 3. The zero-order valence-corrected chi connectivity index (χ0v) is 17.7. The van der Waals surface area contributed by atoms with Gasteiger partial charge in [0.15, 0.2) is 0 Å². The minimum atomic E-state index is 0.457. The van der Waals surface area contributed by atoms with Crippen molar-refractivity contribution in [1.29, 1.82) is 0 Å². The van der Waals surface area contributed by atoms with E-state index in [1.54, 1.807) is 0 Å². The Kier molecular flexibility index (Phi) is 5.91. The Morgan fingerprint density at radius 1 is 0.929 bits per heavy atom.